The van der Waals surface area contributed by atoms with Crippen LogP contribution in [-0.4, -0.2) is 5.16 Å². The van der Waals surface area contributed by atoms with Crippen molar-refractivity contribution in [2.24, 2.45) is 0 Å². The van der Waals surface area contributed by atoms with E-state index in [4.69, 9.17) is 9.26 Å². The summed E-state index contributed by atoms with van der Waals surface area (Å²) in [6, 6.07) is 11.3. The number of alkyl halides is 3. The van der Waals surface area contributed by atoms with E-state index in [1.165, 1.54) is 6.07 Å². The van der Waals surface area contributed by atoms with Crippen molar-refractivity contribution < 1.29 is 22.4 Å². The Bertz CT molecular complexity index is 1110. The first-order valence-corrected chi connectivity index (χ1v) is 10.9. The van der Waals surface area contributed by atoms with Crippen LogP contribution in [0.15, 0.2) is 34.9 Å². The van der Waals surface area contributed by atoms with Crippen LogP contribution in [0.1, 0.15) is 80.5 Å². The monoisotopic (exact) mass is 444 g/mol. The lowest BCUT2D eigenvalue weighted by atomic mass is 9.97. The summed E-state index contributed by atoms with van der Waals surface area (Å²) >= 11 is 0. The zero-order valence-corrected chi connectivity index (χ0v) is 18.7. The lowest BCUT2D eigenvalue weighted by Gasteiger charge is -2.20. The second-order valence-electron chi connectivity index (χ2n) is 8.20. The number of benzene rings is 2. The molecule has 7 heteroatoms. The second kappa shape index (κ2) is 9.64. The predicted octanol–water partition coefficient (Wildman–Crippen LogP) is 7.52. The van der Waals surface area contributed by atoms with E-state index in [9.17, 15) is 18.4 Å². The van der Waals surface area contributed by atoms with Crippen LogP contribution in [0.3, 0.4) is 0 Å². The summed E-state index contributed by atoms with van der Waals surface area (Å²) in [7, 11) is 0. The van der Waals surface area contributed by atoms with Gasteiger partial charge in [-0.3, -0.25) is 0 Å². The number of fused-ring (bicyclic) bond motifs is 1. The molecule has 0 bridgehead atoms. The van der Waals surface area contributed by atoms with Crippen LogP contribution >= 0.6 is 0 Å². The number of aromatic nitrogens is 1. The first-order chi connectivity index (χ1) is 15.2. The highest BCUT2D eigenvalue weighted by molar-refractivity contribution is 5.86. The molecule has 2 aromatic carbocycles. The van der Waals surface area contributed by atoms with Gasteiger partial charge in [0.1, 0.15) is 11.8 Å². The third kappa shape index (κ3) is 4.74. The van der Waals surface area contributed by atoms with Gasteiger partial charge in [0.05, 0.1) is 5.39 Å². The molecular weight excluding hydrogens is 417 g/mol. The molecule has 1 unspecified atom stereocenters. The van der Waals surface area contributed by atoms with Gasteiger partial charge < -0.3 is 9.26 Å². The average Bonchev–Trinajstić information content (AvgIpc) is 3.18. The summed E-state index contributed by atoms with van der Waals surface area (Å²) in [6.45, 7) is 8.04. The Morgan fingerprint density at radius 2 is 1.69 bits per heavy atom. The van der Waals surface area contributed by atoms with E-state index >= 15 is 0 Å². The summed E-state index contributed by atoms with van der Waals surface area (Å²) in [4.78, 5) is 0. The van der Waals surface area contributed by atoms with Crippen LogP contribution in [0.2, 0.25) is 0 Å². The van der Waals surface area contributed by atoms with Crippen LogP contribution in [0.4, 0.5) is 13.2 Å². The maximum atomic E-state index is 13.5. The van der Waals surface area contributed by atoms with Crippen LogP contribution in [-0.2, 0) is 19.0 Å². The van der Waals surface area contributed by atoms with Gasteiger partial charge in [-0.05, 0) is 36.0 Å². The fourth-order valence-corrected chi connectivity index (χ4v) is 3.81. The van der Waals surface area contributed by atoms with Gasteiger partial charge in [0, 0.05) is 11.1 Å². The number of ether oxygens (including phenoxy) is 1. The lowest BCUT2D eigenvalue weighted by Crippen LogP contribution is -2.10. The molecule has 1 atom stereocenters. The molecule has 0 aliphatic heterocycles. The Hall–Kier alpha value is -3.01. The van der Waals surface area contributed by atoms with Gasteiger partial charge in [-0.25, -0.2) is 0 Å². The molecule has 0 fully saturated rings. The molecule has 0 saturated carbocycles. The van der Waals surface area contributed by atoms with E-state index < -0.39 is 18.0 Å². The highest BCUT2D eigenvalue weighted by atomic mass is 19.4. The van der Waals surface area contributed by atoms with E-state index in [0.717, 1.165) is 5.56 Å². The Morgan fingerprint density at radius 3 is 2.22 bits per heavy atom. The maximum absolute atomic E-state index is 13.5. The van der Waals surface area contributed by atoms with E-state index in [1.807, 2.05) is 38.1 Å². The molecule has 3 rings (SSSR count). The summed E-state index contributed by atoms with van der Waals surface area (Å²) in [5, 5.41) is 13.1. The molecule has 4 nitrogen and oxygen atoms in total. The largest absolute Gasteiger partial charge is 0.470 e. The van der Waals surface area contributed by atoms with E-state index in [0.29, 0.717) is 54.0 Å². The molecule has 3 aromatic rings. The molecule has 0 spiro atoms. The molecule has 170 valence electrons. The minimum atomic E-state index is -4.62. The molecule has 32 heavy (non-hydrogen) atoms. The van der Waals surface area contributed by atoms with Crippen LogP contribution in [0, 0.1) is 11.3 Å². The molecule has 0 N–H and O–H groups in total. The summed E-state index contributed by atoms with van der Waals surface area (Å²) in [6.07, 6.45) is -3.18. The summed E-state index contributed by atoms with van der Waals surface area (Å²) in [5.41, 5.74) is 2.02. The van der Waals surface area contributed by atoms with E-state index in [-0.39, 0.29) is 11.0 Å². The normalized spacial score (nSPS) is 12.8. The zero-order chi connectivity index (χ0) is 23.5. The quantitative estimate of drug-likeness (QED) is 0.360. The molecule has 0 amide bonds. The lowest BCUT2D eigenvalue weighted by molar-refractivity contribution is -0.141. The Balaban J connectivity index is 2.13. The first kappa shape index (κ1) is 23.6. The number of aryl methyl sites for hydroxylation is 2. The van der Waals surface area contributed by atoms with Gasteiger partial charge in [0.15, 0.2) is 11.3 Å². The van der Waals surface area contributed by atoms with Crippen molar-refractivity contribution in [1.82, 2.24) is 5.16 Å². The molecule has 1 heterocycles. The Kier molecular flexibility index (Phi) is 7.12. The van der Waals surface area contributed by atoms with E-state index in [2.05, 4.69) is 25.1 Å². The minimum Gasteiger partial charge on any atom is -0.470 e. The van der Waals surface area contributed by atoms with Crippen molar-refractivity contribution in [2.75, 3.05) is 0 Å². The van der Waals surface area contributed by atoms with Crippen molar-refractivity contribution in [3.05, 3.63) is 58.3 Å². The predicted molar refractivity (Wildman–Crippen MR) is 117 cm³/mol. The second-order valence-corrected chi connectivity index (χ2v) is 8.20. The number of hydrogen-bond acceptors (Lipinski definition) is 4. The number of hydrogen-bond donors (Lipinski definition) is 0. The number of nitriles is 1. The van der Waals surface area contributed by atoms with Crippen molar-refractivity contribution in [2.45, 2.75) is 71.6 Å². The van der Waals surface area contributed by atoms with E-state index in [1.54, 1.807) is 0 Å². The van der Waals surface area contributed by atoms with Gasteiger partial charge in [-0.15, -0.1) is 0 Å². The van der Waals surface area contributed by atoms with Crippen molar-refractivity contribution >= 4 is 11.0 Å². The van der Waals surface area contributed by atoms with Crippen molar-refractivity contribution in [3.8, 4) is 11.8 Å². The fourth-order valence-electron chi connectivity index (χ4n) is 3.81. The smallest absolute Gasteiger partial charge is 0.437 e. The van der Waals surface area contributed by atoms with Crippen LogP contribution < -0.4 is 4.74 Å². The van der Waals surface area contributed by atoms with Gasteiger partial charge in [0.25, 0.3) is 0 Å². The van der Waals surface area contributed by atoms with Crippen LogP contribution in [0.5, 0.6) is 5.75 Å². The molecule has 0 saturated heterocycles. The Labute approximate surface area is 186 Å². The number of halogens is 3. The van der Waals surface area contributed by atoms with Gasteiger partial charge in [-0.2, -0.15) is 18.4 Å². The van der Waals surface area contributed by atoms with Gasteiger partial charge >= 0.3 is 6.18 Å². The molecule has 0 radical (unpaired) electrons. The van der Waals surface area contributed by atoms with Crippen molar-refractivity contribution in [1.29, 1.82) is 5.26 Å². The first-order valence-electron chi connectivity index (χ1n) is 10.9. The fraction of sp³-hybridized carbons (Fsp3) is 0.440. The minimum absolute atomic E-state index is 0.0634. The number of nitrogens with zero attached hydrogens (tertiary/aromatic N) is 2. The SMILES string of the molecule is CCCc1cc2c(C(F)(F)F)noc2c(CCC)c1OC(C#N)c1ccc(C(C)C)cc1. The highest BCUT2D eigenvalue weighted by Crippen LogP contribution is 2.41. The van der Waals surface area contributed by atoms with Gasteiger partial charge in [0.2, 0.25) is 6.10 Å². The van der Waals surface area contributed by atoms with Crippen LogP contribution in [0.25, 0.3) is 11.0 Å². The maximum Gasteiger partial charge on any atom is 0.437 e. The Morgan fingerprint density at radius 1 is 1.06 bits per heavy atom. The molecular formula is C25H27F3N2O2. The molecule has 0 aliphatic rings. The zero-order valence-electron chi connectivity index (χ0n) is 18.7. The third-order valence-electron chi connectivity index (χ3n) is 5.43. The molecule has 1 aromatic heterocycles. The standard InChI is InChI=1S/C25H27F3N2O2/c1-5-7-18-13-20-23(32-30-24(20)25(26,27)28)19(8-6-2)22(18)31-21(14-29)17-11-9-16(10-12-17)15(3)4/h9-13,15,21H,5-8H2,1-4H3. The average molecular weight is 444 g/mol. The van der Waals surface area contributed by atoms with Crippen molar-refractivity contribution in [3.63, 3.8) is 0 Å². The third-order valence-corrected chi connectivity index (χ3v) is 5.43. The topological polar surface area (TPSA) is 59.1 Å². The summed E-state index contributed by atoms with van der Waals surface area (Å²) in [5.74, 6) is 0.778. The van der Waals surface area contributed by atoms with Gasteiger partial charge in [-0.1, -0.05) is 70.0 Å². The summed E-state index contributed by atoms with van der Waals surface area (Å²) < 4.78 is 51.7. The molecule has 0 aliphatic carbocycles. The highest BCUT2D eigenvalue weighted by Gasteiger charge is 2.38. The number of rotatable bonds is 8.